The Morgan fingerprint density at radius 1 is 1.39 bits per heavy atom. The molecule has 2 unspecified atom stereocenters. The second kappa shape index (κ2) is 7.63. The molecule has 2 heteroatoms. The van der Waals surface area contributed by atoms with E-state index in [-0.39, 0.29) is 6.04 Å². The lowest BCUT2D eigenvalue weighted by Gasteiger charge is -2.32. The zero-order chi connectivity index (χ0) is 13.5. The van der Waals surface area contributed by atoms with Crippen LogP contribution in [-0.4, -0.2) is 23.5 Å². The van der Waals surface area contributed by atoms with Gasteiger partial charge in [-0.05, 0) is 51.6 Å². The molecule has 104 valence electrons. The summed E-state index contributed by atoms with van der Waals surface area (Å²) in [6.07, 6.45) is 11.5. The quantitative estimate of drug-likeness (QED) is 0.698. The molecule has 0 bridgehead atoms. The van der Waals surface area contributed by atoms with E-state index in [1.807, 2.05) is 0 Å². The van der Waals surface area contributed by atoms with Crippen LogP contribution in [0.2, 0.25) is 0 Å². The number of rotatable bonds is 7. The molecule has 0 aliphatic carbocycles. The second-order valence-electron chi connectivity index (χ2n) is 5.94. The number of allylic oxidation sites excluding steroid dienone is 2. The minimum absolute atomic E-state index is 0.249. The van der Waals surface area contributed by atoms with Gasteiger partial charge in [0, 0.05) is 18.6 Å². The molecule has 0 radical (unpaired) electrons. The minimum Gasteiger partial charge on any atom is -0.373 e. The van der Waals surface area contributed by atoms with Crippen LogP contribution < -0.4 is 5.73 Å². The van der Waals surface area contributed by atoms with Crippen LogP contribution in [0.4, 0.5) is 0 Å². The van der Waals surface area contributed by atoms with Crippen molar-refractivity contribution in [3.63, 3.8) is 0 Å². The summed E-state index contributed by atoms with van der Waals surface area (Å²) < 4.78 is 0. The van der Waals surface area contributed by atoms with Gasteiger partial charge < -0.3 is 10.6 Å². The molecule has 0 amide bonds. The Labute approximate surface area is 113 Å². The molecule has 2 nitrogen and oxygen atoms in total. The summed E-state index contributed by atoms with van der Waals surface area (Å²) in [5, 5.41) is 0. The summed E-state index contributed by atoms with van der Waals surface area (Å²) in [5.41, 5.74) is 7.74. The summed E-state index contributed by atoms with van der Waals surface area (Å²) in [4.78, 5) is 2.48. The van der Waals surface area contributed by atoms with Crippen molar-refractivity contribution in [2.75, 3.05) is 6.54 Å². The van der Waals surface area contributed by atoms with E-state index in [9.17, 15) is 0 Å². The van der Waals surface area contributed by atoms with E-state index in [2.05, 4.69) is 50.9 Å². The maximum Gasteiger partial charge on any atom is 0.0435 e. The molecule has 0 spiro atoms. The van der Waals surface area contributed by atoms with E-state index in [1.54, 1.807) is 5.57 Å². The van der Waals surface area contributed by atoms with Crippen LogP contribution >= 0.6 is 0 Å². The molecule has 1 heterocycles. The Hall–Kier alpha value is -0.760. The first-order valence-corrected chi connectivity index (χ1v) is 7.36. The first-order valence-electron chi connectivity index (χ1n) is 7.36. The first-order chi connectivity index (χ1) is 8.54. The Morgan fingerprint density at radius 2 is 2.11 bits per heavy atom. The summed E-state index contributed by atoms with van der Waals surface area (Å²) in [6.45, 7) is 9.94. The fraction of sp³-hybridized carbons (Fsp3) is 0.750. The van der Waals surface area contributed by atoms with Gasteiger partial charge in [0.25, 0.3) is 0 Å². The standard InChI is InChI=1S/C16H30N2/c1-5-6-7-8-15-9-10-18(12-15)16(14(4)17)11-13(2)3/h5-6,12-14,16H,7-11,17H2,1-4H3/b6-5-. The van der Waals surface area contributed by atoms with Gasteiger partial charge in [-0.2, -0.15) is 0 Å². The molecule has 1 aliphatic rings. The van der Waals surface area contributed by atoms with Crippen molar-refractivity contribution in [3.8, 4) is 0 Å². The van der Waals surface area contributed by atoms with Crippen LogP contribution in [0.1, 0.15) is 53.4 Å². The topological polar surface area (TPSA) is 29.3 Å². The van der Waals surface area contributed by atoms with Crippen LogP contribution in [0.3, 0.4) is 0 Å². The Morgan fingerprint density at radius 3 is 2.67 bits per heavy atom. The highest BCUT2D eigenvalue weighted by molar-refractivity contribution is 5.10. The second-order valence-corrected chi connectivity index (χ2v) is 5.94. The fourth-order valence-electron chi connectivity index (χ4n) is 2.66. The molecule has 1 rings (SSSR count). The van der Waals surface area contributed by atoms with Crippen LogP contribution in [0, 0.1) is 5.92 Å². The normalized spacial score (nSPS) is 19.7. The van der Waals surface area contributed by atoms with Crippen molar-refractivity contribution in [1.29, 1.82) is 0 Å². The fourth-order valence-corrected chi connectivity index (χ4v) is 2.66. The third-order valence-corrected chi connectivity index (χ3v) is 3.65. The molecule has 0 aromatic carbocycles. The van der Waals surface area contributed by atoms with Crippen molar-refractivity contribution < 1.29 is 0 Å². The monoisotopic (exact) mass is 250 g/mol. The van der Waals surface area contributed by atoms with Gasteiger partial charge >= 0.3 is 0 Å². The number of nitrogens with zero attached hydrogens (tertiary/aromatic N) is 1. The predicted octanol–water partition coefficient (Wildman–Crippen LogP) is 3.69. The third-order valence-electron chi connectivity index (χ3n) is 3.65. The molecular formula is C16H30N2. The van der Waals surface area contributed by atoms with Crippen molar-refractivity contribution >= 4 is 0 Å². The van der Waals surface area contributed by atoms with Gasteiger partial charge in [-0.25, -0.2) is 0 Å². The third kappa shape index (κ3) is 4.85. The lowest BCUT2D eigenvalue weighted by Crippen LogP contribution is -2.43. The highest BCUT2D eigenvalue weighted by atomic mass is 15.2. The maximum absolute atomic E-state index is 6.15. The lowest BCUT2D eigenvalue weighted by molar-refractivity contribution is 0.229. The zero-order valence-corrected chi connectivity index (χ0v) is 12.5. The molecular weight excluding hydrogens is 220 g/mol. The molecule has 18 heavy (non-hydrogen) atoms. The van der Waals surface area contributed by atoms with E-state index < -0.39 is 0 Å². The molecule has 0 aromatic rings. The number of hydrogen-bond acceptors (Lipinski definition) is 2. The van der Waals surface area contributed by atoms with Gasteiger partial charge in [0.05, 0.1) is 0 Å². The lowest BCUT2D eigenvalue weighted by atomic mass is 9.98. The highest BCUT2D eigenvalue weighted by Gasteiger charge is 2.24. The summed E-state index contributed by atoms with van der Waals surface area (Å²) in [6, 6.07) is 0.753. The van der Waals surface area contributed by atoms with Crippen molar-refractivity contribution in [2.45, 2.75) is 65.5 Å². The first kappa shape index (κ1) is 15.3. The van der Waals surface area contributed by atoms with E-state index in [1.165, 1.54) is 25.7 Å². The van der Waals surface area contributed by atoms with E-state index in [0.717, 1.165) is 6.54 Å². The van der Waals surface area contributed by atoms with Crippen LogP contribution in [-0.2, 0) is 0 Å². The Balaban J connectivity index is 2.54. The van der Waals surface area contributed by atoms with Gasteiger partial charge in [0.15, 0.2) is 0 Å². The number of hydrogen-bond donors (Lipinski definition) is 1. The molecule has 2 N–H and O–H groups in total. The summed E-state index contributed by atoms with van der Waals surface area (Å²) in [5.74, 6) is 0.710. The minimum atomic E-state index is 0.249. The zero-order valence-electron chi connectivity index (χ0n) is 12.5. The molecule has 0 saturated carbocycles. The van der Waals surface area contributed by atoms with Gasteiger partial charge in [-0.3, -0.25) is 0 Å². The predicted molar refractivity (Wildman–Crippen MR) is 80.3 cm³/mol. The molecule has 1 aliphatic heterocycles. The van der Waals surface area contributed by atoms with Gasteiger partial charge in [0.1, 0.15) is 0 Å². The van der Waals surface area contributed by atoms with E-state index >= 15 is 0 Å². The molecule has 0 saturated heterocycles. The van der Waals surface area contributed by atoms with E-state index in [0.29, 0.717) is 12.0 Å². The molecule has 0 fully saturated rings. The van der Waals surface area contributed by atoms with Crippen molar-refractivity contribution in [3.05, 3.63) is 23.9 Å². The SMILES string of the molecule is C/C=C\CCC1=CN(C(CC(C)C)C(C)N)CC1. The van der Waals surface area contributed by atoms with Gasteiger partial charge in [-0.15, -0.1) is 0 Å². The number of nitrogens with two attached hydrogens (primary N) is 1. The van der Waals surface area contributed by atoms with Crippen molar-refractivity contribution in [1.82, 2.24) is 4.90 Å². The van der Waals surface area contributed by atoms with Crippen LogP contribution in [0.5, 0.6) is 0 Å². The summed E-state index contributed by atoms with van der Waals surface area (Å²) in [7, 11) is 0. The largest absolute Gasteiger partial charge is 0.373 e. The average Bonchev–Trinajstić information content (AvgIpc) is 2.74. The Bertz CT molecular complexity index is 289. The van der Waals surface area contributed by atoms with Crippen LogP contribution in [0.15, 0.2) is 23.9 Å². The summed E-state index contributed by atoms with van der Waals surface area (Å²) >= 11 is 0. The highest BCUT2D eigenvalue weighted by Crippen LogP contribution is 2.24. The molecule has 2 atom stereocenters. The smallest absolute Gasteiger partial charge is 0.0435 e. The molecule has 0 aromatic heterocycles. The van der Waals surface area contributed by atoms with Gasteiger partial charge in [0.2, 0.25) is 0 Å². The average molecular weight is 250 g/mol. The van der Waals surface area contributed by atoms with Gasteiger partial charge in [-0.1, -0.05) is 31.6 Å². The Kier molecular flexibility index (Phi) is 6.48. The van der Waals surface area contributed by atoms with Crippen molar-refractivity contribution in [2.24, 2.45) is 11.7 Å². The van der Waals surface area contributed by atoms with Crippen LogP contribution in [0.25, 0.3) is 0 Å². The maximum atomic E-state index is 6.15. The van der Waals surface area contributed by atoms with E-state index in [4.69, 9.17) is 5.73 Å².